The van der Waals surface area contributed by atoms with Crippen molar-refractivity contribution < 1.29 is 0 Å². The summed E-state index contributed by atoms with van der Waals surface area (Å²) in [4.78, 5) is 4.37. The Balaban J connectivity index is 1.79. The van der Waals surface area contributed by atoms with Crippen LogP contribution in [0.2, 0.25) is 10.0 Å². The molecule has 116 valence electrons. The third-order valence-electron chi connectivity index (χ3n) is 2.97. The maximum absolute atomic E-state index is 5.98. The van der Waals surface area contributed by atoms with Crippen LogP contribution in [0.15, 0.2) is 48.7 Å². The molecule has 0 radical (unpaired) electrons. The summed E-state index contributed by atoms with van der Waals surface area (Å²) in [5.74, 6) is 0.933. The number of rotatable bonds is 4. The normalized spacial score (nSPS) is 10.4. The summed E-state index contributed by atoms with van der Waals surface area (Å²) in [5, 5.41) is 15.2. The van der Waals surface area contributed by atoms with E-state index in [1.807, 2.05) is 31.2 Å². The molecule has 7 heteroatoms. The standard InChI is InChI=1S/C16H13Cl2N5/c1-10-3-2-4-13(5-10)20-15-9-19-23-16(22-15)21-14-7-11(17)6-12(18)8-14/h2-9H,1H3,(H2,20,21,22,23). The van der Waals surface area contributed by atoms with E-state index in [-0.39, 0.29) is 0 Å². The molecule has 23 heavy (non-hydrogen) atoms. The minimum Gasteiger partial charge on any atom is -0.339 e. The highest BCUT2D eigenvalue weighted by atomic mass is 35.5. The van der Waals surface area contributed by atoms with Gasteiger partial charge in [0, 0.05) is 21.4 Å². The van der Waals surface area contributed by atoms with Gasteiger partial charge in [-0.25, -0.2) is 0 Å². The number of aromatic nitrogens is 3. The number of benzene rings is 2. The quantitative estimate of drug-likeness (QED) is 0.698. The predicted molar refractivity (Wildman–Crippen MR) is 94.0 cm³/mol. The Bertz CT molecular complexity index is 818. The molecule has 2 aromatic carbocycles. The number of anilines is 4. The van der Waals surface area contributed by atoms with Crippen LogP contribution in [0.3, 0.4) is 0 Å². The smallest absolute Gasteiger partial charge is 0.249 e. The Morgan fingerprint density at radius 3 is 2.43 bits per heavy atom. The molecule has 1 heterocycles. The van der Waals surface area contributed by atoms with Crippen molar-refractivity contribution in [2.24, 2.45) is 0 Å². The molecule has 0 saturated carbocycles. The van der Waals surface area contributed by atoms with Gasteiger partial charge in [0.25, 0.3) is 0 Å². The number of hydrogen-bond acceptors (Lipinski definition) is 5. The monoisotopic (exact) mass is 345 g/mol. The number of nitrogens with one attached hydrogen (secondary N) is 2. The van der Waals surface area contributed by atoms with E-state index in [1.54, 1.807) is 24.4 Å². The number of hydrogen-bond donors (Lipinski definition) is 2. The van der Waals surface area contributed by atoms with Crippen molar-refractivity contribution >= 4 is 46.3 Å². The minimum atomic E-state index is 0.348. The van der Waals surface area contributed by atoms with Gasteiger partial charge in [-0.15, -0.1) is 5.10 Å². The summed E-state index contributed by atoms with van der Waals surface area (Å²) in [7, 11) is 0. The summed E-state index contributed by atoms with van der Waals surface area (Å²) in [5.41, 5.74) is 2.78. The summed E-state index contributed by atoms with van der Waals surface area (Å²) >= 11 is 12.0. The van der Waals surface area contributed by atoms with E-state index in [4.69, 9.17) is 23.2 Å². The van der Waals surface area contributed by atoms with Crippen molar-refractivity contribution in [1.29, 1.82) is 0 Å². The molecule has 0 amide bonds. The van der Waals surface area contributed by atoms with Crippen LogP contribution in [0.5, 0.6) is 0 Å². The van der Waals surface area contributed by atoms with E-state index >= 15 is 0 Å². The number of aryl methyl sites for hydroxylation is 1. The fraction of sp³-hybridized carbons (Fsp3) is 0.0625. The van der Waals surface area contributed by atoms with E-state index < -0.39 is 0 Å². The van der Waals surface area contributed by atoms with Crippen molar-refractivity contribution in [3.63, 3.8) is 0 Å². The van der Waals surface area contributed by atoms with Crippen LogP contribution < -0.4 is 10.6 Å². The highest BCUT2D eigenvalue weighted by molar-refractivity contribution is 6.35. The van der Waals surface area contributed by atoms with Crippen molar-refractivity contribution in [3.05, 3.63) is 64.3 Å². The molecule has 0 spiro atoms. The van der Waals surface area contributed by atoms with Gasteiger partial charge in [-0.3, -0.25) is 0 Å². The highest BCUT2D eigenvalue weighted by Gasteiger charge is 2.04. The lowest BCUT2D eigenvalue weighted by atomic mass is 10.2. The van der Waals surface area contributed by atoms with Gasteiger partial charge < -0.3 is 10.6 Å². The molecular formula is C16H13Cl2N5. The third kappa shape index (κ3) is 4.31. The van der Waals surface area contributed by atoms with E-state index in [0.29, 0.717) is 27.5 Å². The van der Waals surface area contributed by atoms with Crippen LogP contribution in [0.1, 0.15) is 5.56 Å². The zero-order chi connectivity index (χ0) is 16.2. The second-order valence-corrected chi connectivity index (χ2v) is 5.82. The second kappa shape index (κ2) is 6.81. The Labute approximate surface area is 143 Å². The number of nitrogens with zero attached hydrogens (tertiary/aromatic N) is 3. The Morgan fingerprint density at radius 2 is 1.70 bits per heavy atom. The maximum Gasteiger partial charge on any atom is 0.249 e. The topological polar surface area (TPSA) is 62.7 Å². The predicted octanol–water partition coefficient (Wildman–Crippen LogP) is 4.97. The van der Waals surface area contributed by atoms with Gasteiger partial charge in [0.2, 0.25) is 5.95 Å². The molecule has 5 nitrogen and oxygen atoms in total. The molecule has 2 N–H and O–H groups in total. The van der Waals surface area contributed by atoms with Crippen LogP contribution in [-0.2, 0) is 0 Å². The zero-order valence-electron chi connectivity index (χ0n) is 12.2. The fourth-order valence-electron chi connectivity index (χ4n) is 2.04. The van der Waals surface area contributed by atoms with Gasteiger partial charge in [0.15, 0.2) is 5.82 Å². The first-order chi connectivity index (χ1) is 11.1. The molecule has 0 aliphatic rings. The van der Waals surface area contributed by atoms with Gasteiger partial charge in [0.05, 0.1) is 6.20 Å². The van der Waals surface area contributed by atoms with E-state index in [2.05, 4.69) is 25.8 Å². The van der Waals surface area contributed by atoms with Gasteiger partial charge in [-0.2, -0.15) is 10.1 Å². The maximum atomic E-state index is 5.98. The first kappa shape index (κ1) is 15.5. The highest BCUT2D eigenvalue weighted by Crippen LogP contribution is 2.24. The summed E-state index contributed by atoms with van der Waals surface area (Å²) in [6.07, 6.45) is 1.55. The Hall–Kier alpha value is -2.37. The van der Waals surface area contributed by atoms with Crippen LogP contribution in [0.4, 0.5) is 23.1 Å². The van der Waals surface area contributed by atoms with Gasteiger partial charge in [-0.05, 0) is 42.8 Å². The molecule has 0 bridgehead atoms. The molecule has 0 fully saturated rings. The average Bonchev–Trinajstić information content (AvgIpc) is 2.46. The lowest BCUT2D eigenvalue weighted by Gasteiger charge is -2.08. The Morgan fingerprint density at radius 1 is 0.913 bits per heavy atom. The minimum absolute atomic E-state index is 0.348. The van der Waals surface area contributed by atoms with Crippen molar-refractivity contribution in [2.75, 3.05) is 10.6 Å². The molecule has 0 saturated heterocycles. The molecule has 3 aromatic rings. The third-order valence-corrected chi connectivity index (χ3v) is 3.40. The number of halogens is 2. The van der Waals surface area contributed by atoms with Gasteiger partial charge in [-0.1, -0.05) is 35.3 Å². The second-order valence-electron chi connectivity index (χ2n) is 4.94. The van der Waals surface area contributed by atoms with E-state index in [0.717, 1.165) is 11.3 Å². The largest absolute Gasteiger partial charge is 0.339 e. The first-order valence-corrected chi connectivity index (χ1v) is 7.61. The van der Waals surface area contributed by atoms with Crippen LogP contribution in [0, 0.1) is 6.92 Å². The summed E-state index contributed by atoms with van der Waals surface area (Å²) < 4.78 is 0. The van der Waals surface area contributed by atoms with Gasteiger partial charge >= 0.3 is 0 Å². The fourth-order valence-corrected chi connectivity index (χ4v) is 2.57. The van der Waals surface area contributed by atoms with E-state index in [1.165, 1.54) is 0 Å². The molecule has 0 atom stereocenters. The lowest BCUT2D eigenvalue weighted by molar-refractivity contribution is 0.982. The van der Waals surface area contributed by atoms with Crippen LogP contribution >= 0.6 is 23.2 Å². The summed E-state index contributed by atoms with van der Waals surface area (Å²) in [6, 6.07) is 13.1. The summed E-state index contributed by atoms with van der Waals surface area (Å²) in [6.45, 7) is 2.03. The van der Waals surface area contributed by atoms with E-state index in [9.17, 15) is 0 Å². The van der Waals surface area contributed by atoms with Gasteiger partial charge in [0.1, 0.15) is 0 Å². The molecule has 1 aromatic heterocycles. The Kier molecular flexibility index (Phi) is 4.60. The molecule has 0 aliphatic carbocycles. The first-order valence-electron chi connectivity index (χ1n) is 6.85. The molecule has 0 unspecified atom stereocenters. The SMILES string of the molecule is Cc1cccc(Nc2cnnc(Nc3cc(Cl)cc(Cl)c3)n2)c1. The average molecular weight is 346 g/mol. The lowest BCUT2D eigenvalue weighted by Crippen LogP contribution is -2.02. The van der Waals surface area contributed by atoms with Crippen molar-refractivity contribution in [2.45, 2.75) is 6.92 Å². The van der Waals surface area contributed by atoms with Crippen LogP contribution in [-0.4, -0.2) is 15.2 Å². The van der Waals surface area contributed by atoms with Crippen molar-refractivity contribution in [1.82, 2.24) is 15.2 Å². The van der Waals surface area contributed by atoms with Crippen LogP contribution in [0.25, 0.3) is 0 Å². The van der Waals surface area contributed by atoms with Crippen molar-refractivity contribution in [3.8, 4) is 0 Å². The molecular weight excluding hydrogens is 333 g/mol. The molecule has 3 rings (SSSR count). The zero-order valence-corrected chi connectivity index (χ0v) is 13.7. The molecule has 0 aliphatic heterocycles.